The maximum Gasteiger partial charge on any atom is 0.223 e. The van der Waals surface area contributed by atoms with Crippen LogP contribution in [-0.2, 0) is 4.79 Å². The van der Waals surface area contributed by atoms with Gasteiger partial charge in [0.05, 0.1) is 0 Å². The van der Waals surface area contributed by atoms with E-state index in [4.69, 9.17) is 0 Å². The quantitative estimate of drug-likeness (QED) is 0.703. The molecule has 0 aromatic heterocycles. The lowest BCUT2D eigenvalue weighted by atomic mass is 9.90. The van der Waals surface area contributed by atoms with Crippen LogP contribution in [0, 0.1) is 0 Å². The third-order valence-corrected chi connectivity index (χ3v) is 3.37. The Morgan fingerprint density at radius 1 is 1.13 bits per heavy atom. The zero-order valence-electron chi connectivity index (χ0n) is 10.9. The molecule has 0 spiro atoms. The van der Waals surface area contributed by atoms with Crippen LogP contribution in [-0.4, -0.2) is 37.0 Å². The molecule has 0 radical (unpaired) electrons. The molecule has 0 saturated heterocycles. The Balaban J connectivity index is 3.96. The molecular weight excluding hydrogens is 188 g/mol. The van der Waals surface area contributed by atoms with Crippen molar-refractivity contribution in [2.75, 3.05) is 20.6 Å². The van der Waals surface area contributed by atoms with Crippen molar-refractivity contribution >= 4 is 5.91 Å². The van der Waals surface area contributed by atoms with Crippen molar-refractivity contribution in [2.24, 2.45) is 0 Å². The van der Waals surface area contributed by atoms with Crippen LogP contribution >= 0.6 is 0 Å². The Morgan fingerprint density at radius 2 is 1.60 bits per heavy atom. The van der Waals surface area contributed by atoms with E-state index in [1.165, 1.54) is 0 Å². The van der Waals surface area contributed by atoms with Gasteiger partial charge < -0.3 is 10.2 Å². The first-order valence-electron chi connectivity index (χ1n) is 5.96. The first kappa shape index (κ1) is 14.4. The van der Waals surface area contributed by atoms with Gasteiger partial charge in [0.2, 0.25) is 5.91 Å². The summed E-state index contributed by atoms with van der Waals surface area (Å²) in [5, 5.41) is 3.52. The highest BCUT2D eigenvalue weighted by Gasteiger charge is 2.22. The highest BCUT2D eigenvalue weighted by Crippen LogP contribution is 2.18. The van der Waals surface area contributed by atoms with Gasteiger partial charge in [-0.25, -0.2) is 0 Å². The van der Waals surface area contributed by atoms with E-state index < -0.39 is 0 Å². The Bertz CT molecular complexity index is 178. The molecule has 0 bridgehead atoms. The van der Waals surface area contributed by atoms with Gasteiger partial charge in [-0.1, -0.05) is 20.8 Å². The molecule has 1 amide bonds. The summed E-state index contributed by atoms with van der Waals surface area (Å²) in [5.74, 6) is 0.194. The van der Waals surface area contributed by atoms with Crippen molar-refractivity contribution in [2.45, 2.75) is 52.0 Å². The summed E-state index contributed by atoms with van der Waals surface area (Å²) in [4.78, 5) is 13.0. The fourth-order valence-electron chi connectivity index (χ4n) is 1.78. The van der Waals surface area contributed by atoms with E-state index in [1.54, 1.807) is 19.0 Å². The molecule has 3 heteroatoms. The summed E-state index contributed by atoms with van der Waals surface area (Å²) in [6.07, 6.45) is 3.96. The van der Waals surface area contributed by atoms with E-state index >= 15 is 0 Å². The molecule has 15 heavy (non-hydrogen) atoms. The number of carbonyl (C=O) groups excluding carboxylic acids is 1. The van der Waals surface area contributed by atoms with Crippen molar-refractivity contribution in [3.8, 4) is 0 Å². The molecule has 0 unspecified atom stereocenters. The Kier molecular flexibility index (Phi) is 6.57. The third-order valence-electron chi connectivity index (χ3n) is 3.37. The first-order valence-corrected chi connectivity index (χ1v) is 5.96. The second kappa shape index (κ2) is 6.83. The summed E-state index contributed by atoms with van der Waals surface area (Å²) in [7, 11) is 3.60. The molecule has 0 fully saturated rings. The topological polar surface area (TPSA) is 32.3 Å². The van der Waals surface area contributed by atoms with Gasteiger partial charge in [0.1, 0.15) is 0 Å². The van der Waals surface area contributed by atoms with Crippen LogP contribution in [0.15, 0.2) is 0 Å². The van der Waals surface area contributed by atoms with Gasteiger partial charge in [0, 0.05) is 32.6 Å². The molecule has 90 valence electrons. The Hall–Kier alpha value is -0.570. The zero-order chi connectivity index (χ0) is 11.9. The summed E-state index contributed by atoms with van der Waals surface area (Å²) in [5.41, 5.74) is 0.229. The number of hydrogen-bond donors (Lipinski definition) is 1. The van der Waals surface area contributed by atoms with Crippen LogP contribution < -0.4 is 5.32 Å². The second-order valence-electron chi connectivity index (χ2n) is 4.31. The maximum atomic E-state index is 11.4. The molecular formula is C12H26N2O. The largest absolute Gasteiger partial charge is 0.349 e. The highest BCUT2D eigenvalue weighted by atomic mass is 16.2. The predicted molar refractivity (Wildman–Crippen MR) is 64.9 cm³/mol. The van der Waals surface area contributed by atoms with E-state index in [1.807, 2.05) is 0 Å². The van der Waals surface area contributed by atoms with Crippen molar-refractivity contribution in [3.05, 3.63) is 0 Å². The van der Waals surface area contributed by atoms with Crippen LogP contribution in [0.3, 0.4) is 0 Å². The van der Waals surface area contributed by atoms with Gasteiger partial charge in [0.25, 0.3) is 0 Å². The van der Waals surface area contributed by atoms with Crippen molar-refractivity contribution < 1.29 is 4.79 Å². The molecule has 0 rings (SSSR count). The standard InChI is InChI=1S/C12H26N2O/c1-6-12(7-2,8-3)13-10-9-11(15)14(4)5/h13H,6-10H2,1-5H3. The number of carbonyl (C=O) groups is 1. The summed E-state index contributed by atoms with van der Waals surface area (Å²) < 4.78 is 0. The van der Waals surface area contributed by atoms with Crippen LogP contribution in [0.5, 0.6) is 0 Å². The zero-order valence-corrected chi connectivity index (χ0v) is 10.9. The third kappa shape index (κ3) is 4.65. The fourth-order valence-corrected chi connectivity index (χ4v) is 1.78. The first-order chi connectivity index (χ1) is 7.01. The minimum absolute atomic E-state index is 0.194. The smallest absolute Gasteiger partial charge is 0.223 e. The lowest BCUT2D eigenvalue weighted by Gasteiger charge is -2.32. The molecule has 1 N–H and O–H groups in total. The predicted octanol–water partition coefficient (Wildman–Crippen LogP) is 2.02. The molecule has 0 saturated carbocycles. The number of amides is 1. The van der Waals surface area contributed by atoms with Gasteiger partial charge in [-0.15, -0.1) is 0 Å². The molecule has 0 aliphatic rings. The van der Waals surface area contributed by atoms with Gasteiger partial charge >= 0.3 is 0 Å². The number of nitrogens with zero attached hydrogens (tertiary/aromatic N) is 1. The Morgan fingerprint density at radius 3 is 1.93 bits per heavy atom. The van der Waals surface area contributed by atoms with E-state index in [-0.39, 0.29) is 11.4 Å². The maximum absolute atomic E-state index is 11.4. The second-order valence-corrected chi connectivity index (χ2v) is 4.31. The minimum Gasteiger partial charge on any atom is -0.349 e. The molecule has 0 aliphatic heterocycles. The average molecular weight is 214 g/mol. The Labute approximate surface area is 94.2 Å². The van der Waals surface area contributed by atoms with Crippen LogP contribution in [0.25, 0.3) is 0 Å². The fraction of sp³-hybridized carbons (Fsp3) is 0.917. The van der Waals surface area contributed by atoms with Gasteiger partial charge in [0.15, 0.2) is 0 Å². The van der Waals surface area contributed by atoms with Crippen molar-refractivity contribution in [3.63, 3.8) is 0 Å². The van der Waals surface area contributed by atoms with E-state index in [2.05, 4.69) is 26.1 Å². The van der Waals surface area contributed by atoms with Gasteiger partial charge in [-0.3, -0.25) is 4.79 Å². The number of rotatable bonds is 7. The highest BCUT2D eigenvalue weighted by molar-refractivity contribution is 5.75. The molecule has 0 heterocycles. The van der Waals surface area contributed by atoms with Crippen molar-refractivity contribution in [1.82, 2.24) is 10.2 Å². The number of hydrogen-bond acceptors (Lipinski definition) is 2. The van der Waals surface area contributed by atoms with E-state index in [0.29, 0.717) is 6.42 Å². The van der Waals surface area contributed by atoms with E-state index in [0.717, 1.165) is 25.8 Å². The van der Waals surface area contributed by atoms with E-state index in [9.17, 15) is 4.79 Å². The van der Waals surface area contributed by atoms with Crippen molar-refractivity contribution in [1.29, 1.82) is 0 Å². The monoisotopic (exact) mass is 214 g/mol. The molecule has 0 atom stereocenters. The minimum atomic E-state index is 0.194. The number of nitrogens with one attached hydrogen (secondary N) is 1. The molecule has 3 nitrogen and oxygen atoms in total. The normalized spacial score (nSPS) is 11.5. The SMILES string of the molecule is CCC(CC)(CC)NCCC(=O)N(C)C. The van der Waals surface area contributed by atoms with Crippen LogP contribution in [0.4, 0.5) is 0 Å². The van der Waals surface area contributed by atoms with Crippen LogP contribution in [0.2, 0.25) is 0 Å². The molecule has 0 aliphatic carbocycles. The summed E-state index contributed by atoms with van der Waals surface area (Å²) in [6, 6.07) is 0. The van der Waals surface area contributed by atoms with Crippen LogP contribution in [0.1, 0.15) is 46.5 Å². The summed E-state index contributed by atoms with van der Waals surface area (Å²) >= 11 is 0. The molecule has 0 aromatic carbocycles. The average Bonchev–Trinajstić information content (AvgIpc) is 2.24. The lowest BCUT2D eigenvalue weighted by Crippen LogP contribution is -2.45. The summed E-state index contributed by atoms with van der Waals surface area (Å²) in [6.45, 7) is 7.39. The van der Waals surface area contributed by atoms with Gasteiger partial charge in [-0.2, -0.15) is 0 Å². The lowest BCUT2D eigenvalue weighted by molar-refractivity contribution is -0.128. The van der Waals surface area contributed by atoms with Gasteiger partial charge in [-0.05, 0) is 19.3 Å². The molecule has 0 aromatic rings.